The molecule has 0 unspecified atom stereocenters. The topological polar surface area (TPSA) is 0 Å². The molecule has 0 spiro atoms. The molecular weight excluding hydrogens is 277 g/mol. The van der Waals surface area contributed by atoms with Crippen molar-refractivity contribution in [1.82, 2.24) is 0 Å². The monoisotopic (exact) mass is 284 g/mol. The molecule has 2 aromatic rings. The van der Waals surface area contributed by atoms with Gasteiger partial charge in [0.1, 0.15) is 16.5 Å². The molecule has 0 bridgehead atoms. The van der Waals surface area contributed by atoms with Crippen LogP contribution in [0.4, 0.5) is 8.78 Å². The van der Waals surface area contributed by atoms with E-state index in [0.717, 1.165) is 11.1 Å². The molecule has 0 nitrogen and oxygen atoms in total. The normalized spacial score (nSPS) is 13.8. The van der Waals surface area contributed by atoms with Crippen LogP contribution in [-0.4, -0.2) is 4.84 Å². The van der Waals surface area contributed by atoms with Gasteiger partial charge in [-0.15, -0.1) is 23.2 Å². The lowest BCUT2D eigenvalue weighted by molar-refractivity contribution is 0.626. The van der Waals surface area contributed by atoms with E-state index in [1.165, 1.54) is 24.3 Å². The zero-order valence-electron chi connectivity index (χ0n) is 9.13. The van der Waals surface area contributed by atoms with Crippen molar-refractivity contribution in [2.75, 3.05) is 0 Å². The zero-order chi connectivity index (χ0) is 12.9. The third-order valence-corrected chi connectivity index (χ3v) is 3.75. The largest absolute Gasteiger partial charge is 0.207 e. The second kappa shape index (κ2) is 4.22. The van der Waals surface area contributed by atoms with Crippen molar-refractivity contribution in [3.8, 4) is 11.1 Å². The highest BCUT2D eigenvalue weighted by molar-refractivity contribution is 6.45. The molecule has 0 heterocycles. The first kappa shape index (κ1) is 11.9. The number of alkyl halides is 2. The summed E-state index contributed by atoms with van der Waals surface area (Å²) in [6.45, 7) is 0. The van der Waals surface area contributed by atoms with E-state index in [1.807, 2.05) is 0 Å². The Bertz CT molecular complexity index is 572. The van der Waals surface area contributed by atoms with Crippen LogP contribution in [0, 0.1) is 11.6 Å². The first-order chi connectivity index (χ1) is 8.58. The molecule has 4 heteroatoms. The molecule has 0 atom stereocenters. The molecule has 1 aliphatic rings. The van der Waals surface area contributed by atoms with Gasteiger partial charge in [-0.05, 0) is 46.5 Å². The zero-order valence-corrected chi connectivity index (χ0v) is 10.6. The summed E-state index contributed by atoms with van der Waals surface area (Å²) < 4.78 is 26.6. The minimum atomic E-state index is -0.652. The quantitative estimate of drug-likeness (QED) is 0.655. The van der Waals surface area contributed by atoms with Gasteiger partial charge in [0.15, 0.2) is 0 Å². The van der Waals surface area contributed by atoms with Crippen LogP contribution in [0.2, 0.25) is 0 Å². The summed E-state index contributed by atoms with van der Waals surface area (Å²) in [5, 5.41) is 0. The Morgan fingerprint density at radius 1 is 0.833 bits per heavy atom. The number of fused-ring (bicyclic) bond motifs is 3. The van der Waals surface area contributed by atoms with E-state index < -0.39 is 4.84 Å². The highest BCUT2D eigenvalue weighted by Crippen LogP contribution is 2.48. The van der Waals surface area contributed by atoms with Gasteiger partial charge in [0, 0.05) is 5.92 Å². The van der Waals surface area contributed by atoms with Crippen molar-refractivity contribution in [2.24, 2.45) is 0 Å². The Morgan fingerprint density at radius 2 is 1.28 bits per heavy atom. The van der Waals surface area contributed by atoms with Crippen molar-refractivity contribution in [1.29, 1.82) is 0 Å². The Balaban J connectivity index is 2.31. The molecule has 2 aromatic carbocycles. The Labute approximate surface area is 113 Å². The average molecular weight is 285 g/mol. The van der Waals surface area contributed by atoms with Gasteiger partial charge in [0.25, 0.3) is 0 Å². The summed E-state index contributed by atoms with van der Waals surface area (Å²) in [4.78, 5) is -0.652. The fourth-order valence-corrected chi connectivity index (χ4v) is 3.05. The van der Waals surface area contributed by atoms with Crippen molar-refractivity contribution in [3.05, 3.63) is 59.2 Å². The first-order valence-electron chi connectivity index (χ1n) is 5.45. The number of halogens is 4. The van der Waals surface area contributed by atoms with Gasteiger partial charge in [0.05, 0.1) is 0 Å². The highest BCUT2D eigenvalue weighted by atomic mass is 35.5. The molecule has 92 valence electrons. The lowest BCUT2D eigenvalue weighted by Crippen LogP contribution is -2.05. The number of rotatable bonds is 1. The predicted molar refractivity (Wildman–Crippen MR) is 69.1 cm³/mol. The van der Waals surface area contributed by atoms with E-state index in [0.29, 0.717) is 11.1 Å². The van der Waals surface area contributed by atoms with E-state index in [1.54, 1.807) is 12.1 Å². The first-order valence-corrected chi connectivity index (χ1v) is 6.32. The molecule has 0 saturated carbocycles. The summed E-state index contributed by atoms with van der Waals surface area (Å²) in [6, 6.07) is 8.83. The number of hydrogen-bond donors (Lipinski definition) is 0. The maximum atomic E-state index is 13.3. The Kier molecular flexibility index (Phi) is 2.80. The minimum absolute atomic E-state index is 0.237. The second-order valence-corrected chi connectivity index (χ2v) is 5.44. The van der Waals surface area contributed by atoms with Crippen molar-refractivity contribution < 1.29 is 8.78 Å². The molecule has 0 aromatic heterocycles. The molecular formula is C14H8Cl2F2. The summed E-state index contributed by atoms with van der Waals surface area (Å²) >= 11 is 12.0. The summed E-state index contributed by atoms with van der Waals surface area (Å²) in [6.07, 6.45) is 0. The van der Waals surface area contributed by atoms with E-state index in [4.69, 9.17) is 23.2 Å². The van der Waals surface area contributed by atoms with Gasteiger partial charge in [-0.3, -0.25) is 0 Å². The molecule has 0 fully saturated rings. The molecule has 0 saturated heterocycles. The van der Waals surface area contributed by atoms with Crippen molar-refractivity contribution in [2.45, 2.75) is 10.8 Å². The van der Waals surface area contributed by atoms with Crippen LogP contribution in [0.5, 0.6) is 0 Å². The van der Waals surface area contributed by atoms with Gasteiger partial charge >= 0.3 is 0 Å². The fourth-order valence-electron chi connectivity index (χ4n) is 2.50. The lowest BCUT2D eigenvalue weighted by Gasteiger charge is -2.14. The van der Waals surface area contributed by atoms with Crippen LogP contribution < -0.4 is 0 Å². The Hall–Kier alpha value is -1.12. The van der Waals surface area contributed by atoms with E-state index in [2.05, 4.69) is 0 Å². The maximum Gasteiger partial charge on any atom is 0.123 e. The van der Waals surface area contributed by atoms with Crippen LogP contribution in [-0.2, 0) is 0 Å². The van der Waals surface area contributed by atoms with Crippen LogP contribution in [0.3, 0.4) is 0 Å². The smallest absolute Gasteiger partial charge is 0.123 e. The van der Waals surface area contributed by atoms with Gasteiger partial charge < -0.3 is 0 Å². The van der Waals surface area contributed by atoms with Crippen LogP contribution >= 0.6 is 23.2 Å². The summed E-state index contributed by atoms with van der Waals surface area (Å²) in [5.74, 6) is -0.949. The predicted octanol–water partition coefficient (Wildman–Crippen LogP) is 4.88. The van der Waals surface area contributed by atoms with E-state index in [9.17, 15) is 8.78 Å². The third kappa shape index (κ3) is 1.72. The van der Waals surface area contributed by atoms with Gasteiger partial charge in [0.2, 0.25) is 0 Å². The number of benzene rings is 2. The molecule has 0 amide bonds. The molecule has 3 rings (SSSR count). The summed E-state index contributed by atoms with van der Waals surface area (Å²) in [7, 11) is 0. The summed E-state index contributed by atoms with van der Waals surface area (Å²) in [5.41, 5.74) is 3.01. The standard InChI is InChI=1S/C14H8Cl2F2/c15-14(16)13-9-3-1-7(17)5-11(9)12-6-8(18)2-4-10(12)13/h1-6,13-14H. The van der Waals surface area contributed by atoms with Gasteiger partial charge in [-0.25, -0.2) is 8.78 Å². The molecule has 1 aliphatic carbocycles. The highest BCUT2D eigenvalue weighted by Gasteiger charge is 2.33. The van der Waals surface area contributed by atoms with E-state index >= 15 is 0 Å². The van der Waals surface area contributed by atoms with E-state index in [-0.39, 0.29) is 17.6 Å². The lowest BCUT2D eigenvalue weighted by atomic mass is 9.99. The average Bonchev–Trinajstić information content (AvgIpc) is 2.62. The molecule has 0 radical (unpaired) electrons. The molecule has 0 N–H and O–H groups in total. The Morgan fingerprint density at radius 3 is 1.67 bits per heavy atom. The minimum Gasteiger partial charge on any atom is -0.207 e. The number of hydrogen-bond acceptors (Lipinski definition) is 0. The van der Waals surface area contributed by atoms with Crippen LogP contribution in [0.1, 0.15) is 17.0 Å². The van der Waals surface area contributed by atoms with Crippen LogP contribution in [0.25, 0.3) is 11.1 Å². The molecule has 0 aliphatic heterocycles. The third-order valence-electron chi connectivity index (χ3n) is 3.24. The molecule has 18 heavy (non-hydrogen) atoms. The maximum absolute atomic E-state index is 13.3. The second-order valence-electron chi connectivity index (χ2n) is 4.28. The van der Waals surface area contributed by atoms with Gasteiger partial charge in [-0.2, -0.15) is 0 Å². The van der Waals surface area contributed by atoms with Crippen LogP contribution in [0.15, 0.2) is 36.4 Å². The SMILES string of the molecule is Fc1ccc2c(c1)-c1cc(F)ccc1C2C(Cl)Cl. The fraction of sp³-hybridized carbons (Fsp3) is 0.143. The van der Waals surface area contributed by atoms with Gasteiger partial charge in [-0.1, -0.05) is 12.1 Å². The van der Waals surface area contributed by atoms with Crippen molar-refractivity contribution >= 4 is 23.2 Å². The van der Waals surface area contributed by atoms with Crippen molar-refractivity contribution in [3.63, 3.8) is 0 Å².